The number of alkyl halides is 1. The highest BCUT2D eigenvalue weighted by molar-refractivity contribution is 7.15. The van der Waals surface area contributed by atoms with Gasteiger partial charge in [-0.15, -0.1) is 11.6 Å². The first-order valence-corrected chi connectivity index (χ1v) is 5.41. The van der Waals surface area contributed by atoms with Gasteiger partial charge in [0.2, 0.25) is 0 Å². The molecule has 14 heavy (non-hydrogen) atoms. The topological polar surface area (TPSA) is 35.5 Å². The van der Waals surface area contributed by atoms with Crippen molar-refractivity contribution in [2.45, 2.75) is 6.92 Å². The molecule has 0 atom stereocenters. The number of aryl methyl sites for hydroxylation is 1. The van der Waals surface area contributed by atoms with Gasteiger partial charge in [-0.05, 0) is 18.6 Å². The summed E-state index contributed by atoms with van der Waals surface area (Å²) in [4.78, 5) is 11.8. The van der Waals surface area contributed by atoms with Crippen LogP contribution in [-0.4, -0.2) is 25.6 Å². The third-order valence-corrected chi connectivity index (χ3v) is 2.87. The maximum Gasteiger partial charge on any atom is 0.348 e. The van der Waals surface area contributed by atoms with E-state index in [4.69, 9.17) is 16.3 Å². The quantitative estimate of drug-likeness (QED) is 0.593. The van der Waals surface area contributed by atoms with Gasteiger partial charge in [-0.2, -0.15) is 0 Å². The fourth-order valence-corrected chi connectivity index (χ4v) is 2.00. The minimum absolute atomic E-state index is 0.326. The summed E-state index contributed by atoms with van der Waals surface area (Å²) in [6.45, 7) is 2.29. The third kappa shape index (κ3) is 2.62. The number of hydrogen-bond acceptors (Lipinski definition) is 4. The molecule has 0 aliphatic rings. The van der Waals surface area contributed by atoms with Crippen molar-refractivity contribution < 1.29 is 14.3 Å². The van der Waals surface area contributed by atoms with E-state index in [2.05, 4.69) is 4.74 Å². The fourth-order valence-electron chi connectivity index (χ4n) is 0.959. The van der Waals surface area contributed by atoms with Gasteiger partial charge in [0.05, 0.1) is 13.0 Å². The molecule has 0 fully saturated rings. The molecule has 5 heteroatoms. The number of rotatable bonds is 4. The average Bonchev–Trinajstić information content (AvgIpc) is 2.55. The molecule has 0 amide bonds. The number of esters is 1. The Morgan fingerprint density at radius 3 is 2.93 bits per heavy atom. The van der Waals surface area contributed by atoms with Crippen LogP contribution < -0.4 is 4.74 Å². The molecule has 0 saturated heterocycles. The third-order valence-electron chi connectivity index (χ3n) is 1.59. The van der Waals surface area contributed by atoms with E-state index >= 15 is 0 Å². The van der Waals surface area contributed by atoms with Crippen molar-refractivity contribution >= 4 is 28.9 Å². The molecule has 0 bridgehead atoms. The summed E-state index contributed by atoms with van der Waals surface area (Å²) in [6.07, 6.45) is 0. The number of halogens is 1. The van der Waals surface area contributed by atoms with E-state index in [0.717, 1.165) is 5.56 Å². The maximum atomic E-state index is 11.2. The van der Waals surface area contributed by atoms with Crippen LogP contribution in [0, 0.1) is 6.92 Å². The van der Waals surface area contributed by atoms with Crippen molar-refractivity contribution in [1.82, 2.24) is 0 Å². The number of thiophene rings is 1. The van der Waals surface area contributed by atoms with Gasteiger partial charge in [-0.3, -0.25) is 0 Å². The summed E-state index contributed by atoms with van der Waals surface area (Å²) in [5, 5.41) is 0.698. The molecular weight excluding hydrogens is 224 g/mol. The molecule has 0 aliphatic carbocycles. The Balaban J connectivity index is 2.77. The summed E-state index contributed by atoms with van der Waals surface area (Å²) >= 11 is 6.75. The van der Waals surface area contributed by atoms with E-state index in [9.17, 15) is 4.79 Å². The molecule has 1 aromatic rings. The Morgan fingerprint density at radius 2 is 2.36 bits per heavy atom. The van der Waals surface area contributed by atoms with Crippen LogP contribution in [0.3, 0.4) is 0 Å². The fraction of sp³-hybridized carbons (Fsp3) is 0.444. The van der Waals surface area contributed by atoms with Gasteiger partial charge in [0, 0.05) is 0 Å². The van der Waals surface area contributed by atoms with Gasteiger partial charge in [-0.25, -0.2) is 4.79 Å². The second-order valence-electron chi connectivity index (χ2n) is 2.61. The summed E-state index contributed by atoms with van der Waals surface area (Å²) < 4.78 is 9.91. The zero-order chi connectivity index (χ0) is 10.6. The van der Waals surface area contributed by atoms with Crippen molar-refractivity contribution in [3.05, 3.63) is 16.5 Å². The molecule has 1 heterocycles. The number of methoxy groups -OCH3 is 1. The molecule has 0 unspecified atom stereocenters. The average molecular weight is 235 g/mol. The summed E-state index contributed by atoms with van der Waals surface area (Å²) in [7, 11) is 1.36. The van der Waals surface area contributed by atoms with Crippen molar-refractivity contribution in [2.24, 2.45) is 0 Å². The van der Waals surface area contributed by atoms with E-state index in [0.29, 0.717) is 22.4 Å². The van der Waals surface area contributed by atoms with Crippen LogP contribution in [0.4, 0.5) is 0 Å². The van der Waals surface area contributed by atoms with Gasteiger partial charge >= 0.3 is 5.97 Å². The molecule has 1 rings (SSSR count). The number of carbonyl (C=O) groups excluding carboxylic acids is 1. The second-order valence-corrected chi connectivity index (χ2v) is 4.00. The predicted octanol–water partition coefficient (Wildman–Crippen LogP) is 2.46. The first-order valence-electron chi connectivity index (χ1n) is 4.06. The number of hydrogen-bond donors (Lipinski definition) is 0. The zero-order valence-corrected chi connectivity index (χ0v) is 9.57. The smallest absolute Gasteiger partial charge is 0.348 e. The highest BCUT2D eigenvalue weighted by atomic mass is 35.5. The molecule has 0 aromatic carbocycles. The molecule has 0 spiro atoms. The molecule has 1 aromatic heterocycles. The van der Waals surface area contributed by atoms with Crippen LogP contribution >= 0.6 is 22.9 Å². The van der Waals surface area contributed by atoms with Gasteiger partial charge in [0.15, 0.2) is 5.06 Å². The van der Waals surface area contributed by atoms with Crippen LogP contribution in [-0.2, 0) is 4.74 Å². The van der Waals surface area contributed by atoms with Crippen molar-refractivity contribution in [2.75, 3.05) is 19.6 Å². The number of ether oxygens (including phenoxy) is 2. The first kappa shape index (κ1) is 11.3. The lowest BCUT2D eigenvalue weighted by atomic mass is 10.3. The van der Waals surface area contributed by atoms with Gasteiger partial charge in [0.25, 0.3) is 0 Å². The van der Waals surface area contributed by atoms with Crippen molar-refractivity contribution in [3.63, 3.8) is 0 Å². The normalized spacial score (nSPS) is 9.93. The lowest BCUT2D eigenvalue weighted by Crippen LogP contribution is -1.99. The Hall–Kier alpha value is -0.740. The van der Waals surface area contributed by atoms with E-state index in [1.165, 1.54) is 18.4 Å². The van der Waals surface area contributed by atoms with Gasteiger partial charge in [-0.1, -0.05) is 11.3 Å². The van der Waals surface area contributed by atoms with Gasteiger partial charge in [0.1, 0.15) is 11.5 Å². The summed E-state index contributed by atoms with van der Waals surface area (Å²) in [5.74, 6) is 0.109. The highest BCUT2D eigenvalue weighted by Crippen LogP contribution is 2.29. The second kappa shape index (κ2) is 5.22. The molecule has 0 aliphatic heterocycles. The Labute approximate surface area is 91.6 Å². The lowest BCUT2D eigenvalue weighted by Gasteiger charge is -1.97. The Bertz CT molecular complexity index is 322. The molecule has 0 saturated carbocycles. The van der Waals surface area contributed by atoms with Crippen molar-refractivity contribution in [1.29, 1.82) is 0 Å². The van der Waals surface area contributed by atoms with Gasteiger partial charge < -0.3 is 9.47 Å². The molecule has 3 nitrogen and oxygen atoms in total. The highest BCUT2D eigenvalue weighted by Gasteiger charge is 2.14. The van der Waals surface area contributed by atoms with Crippen LogP contribution in [0.2, 0.25) is 0 Å². The zero-order valence-electron chi connectivity index (χ0n) is 8.00. The monoisotopic (exact) mass is 234 g/mol. The van der Waals surface area contributed by atoms with Crippen LogP contribution in [0.25, 0.3) is 0 Å². The molecule has 0 radical (unpaired) electrons. The standard InChI is InChI=1S/C9H11ClO3S/c1-6-5-7(13-4-3-10)14-8(6)9(11)12-2/h5H,3-4H2,1-2H3. The minimum atomic E-state index is -0.326. The predicted molar refractivity (Wildman–Crippen MR) is 56.6 cm³/mol. The largest absolute Gasteiger partial charge is 0.483 e. The van der Waals surface area contributed by atoms with Crippen LogP contribution in [0.15, 0.2) is 6.07 Å². The maximum absolute atomic E-state index is 11.2. The van der Waals surface area contributed by atoms with Crippen LogP contribution in [0.1, 0.15) is 15.2 Å². The van der Waals surface area contributed by atoms with E-state index in [1.54, 1.807) is 0 Å². The first-order chi connectivity index (χ1) is 6.69. The Morgan fingerprint density at radius 1 is 1.64 bits per heavy atom. The van der Waals surface area contributed by atoms with Crippen molar-refractivity contribution in [3.8, 4) is 5.06 Å². The van der Waals surface area contributed by atoms with E-state index < -0.39 is 0 Å². The molecule has 0 N–H and O–H groups in total. The summed E-state index contributed by atoms with van der Waals surface area (Å²) in [5.41, 5.74) is 0.867. The van der Waals surface area contributed by atoms with E-state index in [-0.39, 0.29) is 5.97 Å². The SMILES string of the molecule is COC(=O)c1sc(OCCCl)cc1C. The molecular formula is C9H11ClO3S. The van der Waals surface area contributed by atoms with E-state index in [1.807, 2.05) is 13.0 Å². The van der Waals surface area contributed by atoms with Crippen LogP contribution in [0.5, 0.6) is 5.06 Å². The minimum Gasteiger partial charge on any atom is -0.483 e. The molecule has 78 valence electrons. The number of carbonyl (C=O) groups is 1. The lowest BCUT2D eigenvalue weighted by molar-refractivity contribution is 0.0605. The Kier molecular flexibility index (Phi) is 4.22. The summed E-state index contributed by atoms with van der Waals surface area (Å²) in [6, 6.07) is 1.81.